The monoisotopic (exact) mass is 389 g/mol. The van der Waals surface area contributed by atoms with Gasteiger partial charge in [0.1, 0.15) is 0 Å². The van der Waals surface area contributed by atoms with Crippen molar-refractivity contribution >= 4 is 17.5 Å². The van der Waals surface area contributed by atoms with Gasteiger partial charge in [0.05, 0.1) is 5.69 Å². The number of hydrogen-bond donors (Lipinski definition) is 1. The Balaban J connectivity index is 1.74. The summed E-state index contributed by atoms with van der Waals surface area (Å²) in [6.07, 6.45) is 1.99. The summed E-state index contributed by atoms with van der Waals surface area (Å²) < 4.78 is 1.49. The number of hydrogen-bond acceptors (Lipinski definition) is 3. The number of aromatic nitrogens is 2. The van der Waals surface area contributed by atoms with Gasteiger partial charge in [-0.1, -0.05) is 32.0 Å². The van der Waals surface area contributed by atoms with Crippen molar-refractivity contribution in [3.05, 3.63) is 82.7 Å². The van der Waals surface area contributed by atoms with E-state index < -0.39 is 0 Å². The van der Waals surface area contributed by atoms with Gasteiger partial charge in [-0.15, -0.1) is 0 Å². The van der Waals surface area contributed by atoms with Gasteiger partial charge in [0.2, 0.25) is 0 Å². The van der Waals surface area contributed by atoms with Crippen LogP contribution in [-0.2, 0) is 6.42 Å². The van der Waals surface area contributed by atoms with Crippen LogP contribution in [0.4, 0.5) is 5.69 Å². The largest absolute Gasteiger partial charge is 0.322 e. The van der Waals surface area contributed by atoms with E-state index in [0.717, 1.165) is 29.8 Å². The molecule has 0 aliphatic rings. The predicted octanol–water partition coefficient (Wildman–Crippen LogP) is 5.03. The molecule has 5 heteroatoms. The second-order valence-corrected chi connectivity index (χ2v) is 7.70. The molecule has 1 amide bonds. The molecule has 150 valence electrons. The number of rotatable bonds is 6. The molecule has 0 fully saturated rings. The van der Waals surface area contributed by atoms with Gasteiger partial charge < -0.3 is 5.32 Å². The first-order valence-corrected chi connectivity index (χ1v) is 9.93. The molecule has 1 heterocycles. The minimum atomic E-state index is -0.182. The third kappa shape index (κ3) is 4.80. The molecule has 0 spiro atoms. The molecule has 0 unspecified atom stereocenters. The highest BCUT2D eigenvalue weighted by atomic mass is 16.2. The van der Waals surface area contributed by atoms with Crippen molar-refractivity contribution in [3.8, 4) is 0 Å². The molecule has 3 aromatic rings. The van der Waals surface area contributed by atoms with E-state index in [1.54, 1.807) is 36.4 Å². The zero-order chi connectivity index (χ0) is 21.0. The lowest BCUT2D eigenvalue weighted by Crippen LogP contribution is -2.16. The third-order valence-electron chi connectivity index (χ3n) is 5.03. The fraction of sp³-hybridized carbons (Fsp3) is 0.292. The molecular weight excluding hydrogens is 362 g/mol. The zero-order valence-corrected chi connectivity index (χ0v) is 17.4. The first kappa shape index (κ1) is 20.5. The maximum absolute atomic E-state index is 12.9. The Labute approximate surface area is 171 Å². The van der Waals surface area contributed by atoms with Crippen LogP contribution >= 0.6 is 0 Å². The normalized spacial score (nSPS) is 10.9. The highest BCUT2D eigenvalue weighted by Gasteiger charge is 2.18. The minimum absolute atomic E-state index is 0.165. The molecule has 0 atom stereocenters. The van der Waals surface area contributed by atoms with Crippen LogP contribution in [0.1, 0.15) is 57.9 Å². The van der Waals surface area contributed by atoms with Crippen molar-refractivity contribution in [1.82, 2.24) is 9.78 Å². The van der Waals surface area contributed by atoms with Crippen molar-refractivity contribution < 1.29 is 9.59 Å². The summed E-state index contributed by atoms with van der Waals surface area (Å²) in [7, 11) is 0. The molecule has 0 aliphatic heterocycles. The van der Waals surface area contributed by atoms with Crippen molar-refractivity contribution in [2.24, 2.45) is 5.92 Å². The molecule has 1 N–H and O–H groups in total. The second-order valence-electron chi connectivity index (χ2n) is 7.70. The second kappa shape index (κ2) is 8.86. The quantitative estimate of drug-likeness (QED) is 0.643. The molecule has 2 aromatic carbocycles. The Morgan fingerprint density at radius 3 is 2.24 bits per heavy atom. The maximum Gasteiger partial charge on any atom is 0.278 e. The maximum atomic E-state index is 12.9. The van der Waals surface area contributed by atoms with Crippen molar-refractivity contribution in [1.29, 1.82) is 0 Å². The fourth-order valence-corrected chi connectivity index (χ4v) is 3.28. The van der Waals surface area contributed by atoms with Crippen molar-refractivity contribution in [3.63, 3.8) is 0 Å². The smallest absolute Gasteiger partial charge is 0.278 e. The number of benzene rings is 2. The lowest BCUT2D eigenvalue weighted by atomic mass is 10.0. The Morgan fingerprint density at radius 2 is 1.62 bits per heavy atom. The number of nitrogens with one attached hydrogen (secondary N) is 1. The van der Waals surface area contributed by atoms with Crippen LogP contribution in [0.3, 0.4) is 0 Å². The molecule has 0 saturated heterocycles. The van der Waals surface area contributed by atoms with Crippen molar-refractivity contribution in [2.75, 3.05) is 5.32 Å². The summed E-state index contributed by atoms with van der Waals surface area (Å²) in [6, 6.07) is 15.9. The average Bonchev–Trinajstić information content (AvgIpc) is 3.00. The number of anilines is 1. The van der Waals surface area contributed by atoms with Gasteiger partial charge >= 0.3 is 0 Å². The van der Waals surface area contributed by atoms with Crippen molar-refractivity contribution in [2.45, 2.75) is 40.5 Å². The molecule has 0 radical (unpaired) electrons. The molecule has 3 rings (SSSR count). The topological polar surface area (TPSA) is 64.0 Å². The minimum Gasteiger partial charge on any atom is -0.322 e. The summed E-state index contributed by atoms with van der Waals surface area (Å²) in [5.74, 6) is 0.256. The zero-order valence-electron chi connectivity index (χ0n) is 17.4. The van der Waals surface area contributed by atoms with E-state index in [0.29, 0.717) is 22.7 Å². The molecule has 5 nitrogen and oxygen atoms in total. The van der Waals surface area contributed by atoms with Crippen LogP contribution in [0.25, 0.3) is 0 Å². The van der Waals surface area contributed by atoms with Crippen LogP contribution < -0.4 is 5.32 Å². The molecule has 0 saturated carbocycles. The highest BCUT2D eigenvalue weighted by molar-refractivity contribution is 6.04. The Morgan fingerprint density at radius 1 is 0.966 bits per heavy atom. The number of aryl methyl sites for hydroxylation is 1. The van der Waals surface area contributed by atoms with Gasteiger partial charge in [-0.2, -0.15) is 5.10 Å². The van der Waals surface area contributed by atoms with Gasteiger partial charge in [0, 0.05) is 22.5 Å². The van der Waals surface area contributed by atoms with E-state index in [-0.39, 0.29) is 11.8 Å². The van der Waals surface area contributed by atoms with E-state index in [2.05, 4.69) is 24.3 Å². The third-order valence-corrected chi connectivity index (χ3v) is 5.03. The van der Waals surface area contributed by atoms with Gasteiger partial charge in [-0.25, -0.2) is 4.68 Å². The van der Waals surface area contributed by atoms with Gasteiger partial charge in [0.15, 0.2) is 0 Å². The van der Waals surface area contributed by atoms with Crippen LogP contribution in [-0.4, -0.2) is 21.6 Å². The van der Waals surface area contributed by atoms with Gasteiger partial charge in [-0.05, 0) is 74.6 Å². The van der Waals surface area contributed by atoms with Gasteiger partial charge in [-0.3, -0.25) is 9.59 Å². The molecule has 29 heavy (non-hydrogen) atoms. The molecule has 0 aliphatic carbocycles. The lowest BCUT2D eigenvalue weighted by molar-refractivity contribution is 0.0941. The number of carbonyl (C=O) groups excluding carboxylic acids is 2. The summed E-state index contributed by atoms with van der Waals surface area (Å²) in [5, 5.41) is 7.32. The van der Waals surface area contributed by atoms with E-state index in [9.17, 15) is 9.59 Å². The Kier molecular flexibility index (Phi) is 6.27. The van der Waals surface area contributed by atoms with Crippen LogP contribution in [0.5, 0.6) is 0 Å². The van der Waals surface area contributed by atoms with E-state index in [1.807, 2.05) is 32.0 Å². The van der Waals surface area contributed by atoms with Crippen LogP contribution in [0.15, 0.2) is 54.6 Å². The first-order valence-electron chi connectivity index (χ1n) is 9.93. The molecule has 0 bridgehead atoms. The number of nitrogens with zero attached hydrogens (tertiary/aromatic N) is 2. The number of amides is 1. The SMILES string of the molecule is Cc1nn(C(=O)c2ccc(NC(=O)c3ccccc3)cc2)c(C)c1CCC(C)C. The van der Waals surface area contributed by atoms with Crippen LogP contribution in [0.2, 0.25) is 0 Å². The molecule has 1 aromatic heterocycles. The number of carbonyl (C=O) groups is 2. The standard InChI is InChI=1S/C24H27N3O2/c1-16(2)10-15-22-17(3)26-27(18(22)4)24(29)20-11-13-21(14-12-20)25-23(28)19-8-6-5-7-9-19/h5-9,11-14,16H,10,15H2,1-4H3,(H,25,28). The van der Waals surface area contributed by atoms with E-state index >= 15 is 0 Å². The summed E-state index contributed by atoms with van der Waals surface area (Å²) >= 11 is 0. The predicted molar refractivity (Wildman–Crippen MR) is 115 cm³/mol. The first-order chi connectivity index (χ1) is 13.9. The Bertz CT molecular complexity index is 1000. The lowest BCUT2D eigenvalue weighted by Gasteiger charge is -2.08. The average molecular weight is 389 g/mol. The van der Waals surface area contributed by atoms with E-state index in [1.165, 1.54) is 4.68 Å². The van der Waals surface area contributed by atoms with Gasteiger partial charge in [0.25, 0.3) is 11.8 Å². The Hall–Kier alpha value is -3.21. The van der Waals surface area contributed by atoms with E-state index in [4.69, 9.17) is 0 Å². The fourth-order valence-electron chi connectivity index (χ4n) is 3.28. The summed E-state index contributed by atoms with van der Waals surface area (Å²) in [5.41, 5.74) is 4.71. The van der Waals surface area contributed by atoms with Crippen LogP contribution in [0, 0.1) is 19.8 Å². The summed E-state index contributed by atoms with van der Waals surface area (Å²) in [6.45, 7) is 8.29. The molecular formula is C24H27N3O2. The summed E-state index contributed by atoms with van der Waals surface area (Å²) in [4.78, 5) is 25.2. The highest BCUT2D eigenvalue weighted by Crippen LogP contribution is 2.19.